The van der Waals surface area contributed by atoms with Gasteiger partial charge < -0.3 is 0 Å². The first kappa shape index (κ1) is 11.7. The molecule has 90 valence electrons. The van der Waals surface area contributed by atoms with Gasteiger partial charge in [-0.05, 0) is 12.0 Å². The highest BCUT2D eigenvalue weighted by Gasteiger charge is 2.08. The Kier molecular flexibility index (Phi) is 3.17. The number of rotatable bonds is 3. The Labute approximate surface area is 98.1 Å². The van der Waals surface area contributed by atoms with E-state index in [1.165, 1.54) is 12.1 Å². The number of halogens is 2. The molecule has 2 rings (SSSR count). The van der Waals surface area contributed by atoms with Gasteiger partial charge in [0.05, 0.1) is 12.2 Å². The summed E-state index contributed by atoms with van der Waals surface area (Å²) in [6.45, 7) is 4.27. The van der Waals surface area contributed by atoms with Crippen molar-refractivity contribution < 1.29 is 8.78 Å². The van der Waals surface area contributed by atoms with E-state index in [2.05, 4.69) is 10.3 Å². The molecule has 1 aromatic carbocycles. The lowest BCUT2D eigenvalue weighted by molar-refractivity contribution is 0.554. The lowest BCUT2D eigenvalue weighted by Crippen LogP contribution is -2.03. The third-order valence-corrected chi connectivity index (χ3v) is 2.50. The monoisotopic (exact) mass is 237 g/mol. The van der Waals surface area contributed by atoms with Gasteiger partial charge in [0.15, 0.2) is 0 Å². The van der Waals surface area contributed by atoms with Crippen molar-refractivity contribution in [1.82, 2.24) is 15.0 Å². The van der Waals surface area contributed by atoms with Crippen molar-refractivity contribution >= 4 is 0 Å². The maximum Gasteiger partial charge on any atom is 0.131 e. The molecule has 0 saturated carbocycles. The van der Waals surface area contributed by atoms with Crippen LogP contribution in [0.5, 0.6) is 0 Å². The maximum atomic E-state index is 13.4. The average molecular weight is 237 g/mol. The van der Waals surface area contributed by atoms with E-state index in [-0.39, 0.29) is 12.5 Å². The molecule has 1 heterocycles. The minimum atomic E-state index is -0.576. The van der Waals surface area contributed by atoms with Crippen LogP contribution in [0.2, 0.25) is 0 Å². The van der Waals surface area contributed by atoms with Gasteiger partial charge in [0, 0.05) is 17.8 Å². The third-order valence-electron chi connectivity index (χ3n) is 2.50. The Bertz CT molecular complexity index is 520. The van der Waals surface area contributed by atoms with Crippen LogP contribution in [0.15, 0.2) is 24.4 Å². The number of hydrogen-bond donors (Lipinski definition) is 0. The predicted octanol–water partition coefficient (Wildman–Crippen LogP) is 2.73. The van der Waals surface area contributed by atoms with Gasteiger partial charge in [-0.25, -0.2) is 13.5 Å². The van der Waals surface area contributed by atoms with Crippen LogP contribution in [0, 0.1) is 11.6 Å². The van der Waals surface area contributed by atoms with E-state index in [9.17, 15) is 8.78 Å². The summed E-state index contributed by atoms with van der Waals surface area (Å²) in [5.74, 6) is -0.860. The molecule has 0 aliphatic heterocycles. The second-order valence-electron chi connectivity index (χ2n) is 4.23. The van der Waals surface area contributed by atoms with Crippen LogP contribution >= 0.6 is 0 Å². The SMILES string of the molecule is CC(C)c1cn(Cc2ccc(F)cc2F)nn1. The molecule has 0 aliphatic rings. The van der Waals surface area contributed by atoms with E-state index in [1.807, 2.05) is 13.8 Å². The molecule has 0 amide bonds. The molecular formula is C12H13F2N3. The molecule has 0 unspecified atom stereocenters. The highest BCUT2D eigenvalue weighted by molar-refractivity contribution is 5.18. The first-order chi connectivity index (χ1) is 8.06. The van der Waals surface area contributed by atoms with Crippen LogP contribution in [-0.2, 0) is 6.54 Å². The maximum absolute atomic E-state index is 13.4. The van der Waals surface area contributed by atoms with Crippen molar-refractivity contribution in [2.45, 2.75) is 26.3 Å². The molecular weight excluding hydrogens is 224 g/mol. The largest absolute Gasteiger partial charge is 0.248 e. The van der Waals surface area contributed by atoms with Crippen molar-refractivity contribution in [1.29, 1.82) is 0 Å². The molecule has 2 aromatic rings. The number of hydrogen-bond acceptors (Lipinski definition) is 2. The fourth-order valence-corrected chi connectivity index (χ4v) is 1.48. The predicted molar refractivity (Wildman–Crippen MR) is 59.6 cm³/mol. The smallest absolute Gasteiger partial charge is 0.131 e. The Morgan fingerprint density at radius 3 is 2.65 bits per heavy atom. The van der Waals surface area contributed by atoms with E-state index in [4.69, 9.17) is 0 Å². The van der Waals surface area contributed by atoms with E-state index in [0.29, 0.717) is 5.56 Å². The molecule has 3 nitrogen and oxygen atoms in total. The zero-order chi connectivity index (χ0) is 12.4. The zero-order valence-electron chi connectivity index (χ0n) is 9.69. The number of nitrogens with zero attached hydrogens (tertiary/aromatic N) is 3. The summed E-state index contributed by atoms with van der Waals surface area (Å²) in [5, 5.41) is 7.88. The van der Waals surface area contributed by atoms with Crippen molar-refractivity contribution in [2.75, 3.05) is 0 Å². The summed E-state index contributed by atoms with van der Waals surface area (Å²) in [4.78, 5) is 0. The molecule has 0 N–H and O–H groups in total. The fourth-order valence-electron chi connectivity index (χ4n) is 1.48. The Balaban J connectivity index is 2.19. The van der Waals surface area contributed by atoms with Crippen molar-refractivity contribution in [3.05, 3.63) is 47.3 Å². The van der Waals surface area contributed by atoms with E-state index in [0.717, 1.165) is 11.8 Å². The van der Waals surface area contributed by atoms with E-state index >= 15 is 0 Å². The van der Waals surface area contributed by atoms with Crippen LogP contribution in [0.3, 0.4) is 0 Å². The van der Waals surface area contributed by atoms with Crippen LogP contribution in [0.1, 0.15) is 31.0 Å². The molecule has 0 radical (unpaired) electrons. The van der Waals surface area contributed by atoms with Crippen LogP contribution in [-0.4, -0.2) is 15.0 Å². The summed E-state index contributed by atoms with van der Waals surface area (Å²) in [6.07, 6.45) is 1.77. The zero-order valence-corrected chi connectivity index (χ0v) is 9.69. The van der Waals surface area contributed by atoms with E-state index < -0.39 is 11.6 Å². The van der Waals surface area contributed by atoms with E-state index in [1.54, 1.807) is 10.9 Å². The van der Waals surface area contributed by atoms with Gasteiger partial charge >= 0.3 is 0 Å². The summed E-state index contributed by atoms with van der Waals surface area (Å²) in [6, 6.07) is 3.52. The Morgan fingerprint density at radius 1 is 1.29 bits per heavy atom. The van der Waals surface area contributed by atoms with Crippen LogP contribution < -0.4 is 0 Å². The first-order valence-corrected chi connectivity index (χ1v) is 5.40. The van der Waals surface area contributed by atoms with Gasteiger partial charge in [-0.3, -0.25) is 0 Å². The highest BCUT2D eigenvalue weighted by Crippen LogP contribution is 2.13. The fraction of sp³-hybridized carbons (Fsp3) is 0.333. The lowest BCUT2D eigenvalue weighted by Gasteiger charge is -2.02. The van der Waals surface area contributed by atoms with Gasteiger partial charge in [-0.2, -0.15) is 0 Å². The van der Waals surface area contributed by atoms with Gasteiger partial charge in [-0.15, -0.1) is 5.10 Å². The Hall–Kier alpha value is -1.78. The molecule has 1 aromatic heterocycles. The topological polar surface area (TPSA) is 30.7 Å². The minimum Gasteiger partial charge on any atom is -0.248 e. The number of aromatic nitrogens is 3. The molecule has 17 heavy (non-hydrogen) atoms. The summed E-state index contributed by atoms with van der Waals surface area (Å²) >= 11 is 0. The summed E-state index contributed by atoms with van der Waals surface area (Å²) < 4.78 is 27.7. The van der Waals surface area contributed by atoms with Gasteiger partial charge in [-0.1, -0.05) is 25.1 Å². The minimum absolute atomic E-state index is 0.256. The summed E-state index contributed by atoms with van der Waals surface area (Å²) in [7, 11) is 0. The molecule has 5 heteroatoms. The van der Waals surface area contributed by atoms with Gasteiger partial charge in [0.2, 0.25) is 0 Å². The van der Waals surface area contributed by atoms with Crippen molar-refractivity contribution in [3.63, 3.8) is 0 Å². The third kappa shape index (κ3) is 2.67. The molecule has 0 atom stereocenters. The quantitative estimate of drug-likeness (QED) is 0.821. The average Bonchev–Trinajstić information content (AvgIpc) is 2.71. The molecule has 0 fully saturated rings. The van der Waals surface area contributed by atoms with Crippen LogP contribution in [0.4, 0.5) is 8.78 Å². The second kappa shape index (κ2) is 4.61. The van der Waals surface area contributed by atoms with Gasteiger partial charge in [0.1, 0.15) is 11.6 Å². The summed E-state index contributed by atoms with van der Waals surface area (Å²) in [5.41, 5.74) is 1.25. The standard InChI is InChI=1S/C12H13F2N3/c1-8(2)12-7-17(16-15-12)6-9-3-4-10(13)5-11(9)14/h3-5,7-8H,6H2,1-2H3. The highest BCUT2D eigenvalue weighted by atomic mass is 19.1. The van der Waals surface area contributed by atoms with Crippen molar-refractivity contribution in [2.24, 2.45) is 0 Å². The second-order valence-corrected chi connectivity index (χ2v) is 4.23. The van der Waals surface area contributed by atoms with Gasteiger partial charge in [0.25, 0.3) is 0 Å². The molecule has 0 saturated heterocycles. The first-order valence-electron chi connectivity index (χ1n) is 5.40. The number of benzene rings is 1. The van der Waals surface area contributed by atoms with Crippen LogP contribution in [0.25, 0.3) is 0 Å². The normalized spacial score (nSPS) is 11.1. The van der Waals surface area contributed by atoms with Crippen molar-refractivity contribution in [3.8, 4) is 0 Å². The molecule has 0 bridgehead atoms. The molecule has 0 aliphatic carbocycles. The molecule has 0 spiro atoms. The Morgan fingerprint density at radius 2 is 2.06 bits per heavy atom. The lowest BCUT2D eigenvalue weighted by atomic mass is 10.1.